The lowest BCUT2D eigenvalue weighted by Gasteiger charge is -2.50. The summed E-state index contributed by atoms with van der Waals surface area (Å²) in [6.45, 7) is 0. The zero-order valence-electron chi connectivity index (χ0n) is 14.9. The third-order valence-electron chi connectivity index (χ3n) is 6.40. The van der Waals surface area contributed by atoms with Crippen LogP contribution in [0.5, 0.6) is 0 Å². The van der Waals surface area contributed by atoms with Crippen LogP contribution >= 0.6 is 0 Å². The molecule has 1 N–H and O–H groups in total. The van der Waals surface area contributed by atoms with Crippen LogP contribution in [0.4, 0.5) is 5.69 Å². The van der Waals surface area contributed by atoms with Crippen molar-refractivity contribution in [1.29, 1.82) is 21.2 Å². The molecular formula is C21H17N5O. The molecule has 1 aliphatic heterocycles. The van der Waals surface area contributed by atoms with Crippen LogP contribution in [0.3, 0.4) is 0 Å². The molecule has 2 aliphatic carbocycles. The average molecular weight is 355 g/mol. The number of hydrogen-bond donors (Lipinski definition) is 1. The van der Waals surface area contributed by atoms with Crippen LogP contribution in [0.1, 0.15) is 24.8 Å². The molecule has 1 saturated carbocycles. The largest absolute Gasteiger partial charge is 0.314 e. The van der Waals surface area contributed by atoms with Crippen molar-refractivity contribution < 1.29 is 4.79 Å². The van der Waals surface area contributed by atoms with E-state index in [-0.39, 0.29) is 11.6 Å². The first-order valence-corrected chi connectivity index (χ1v) is 8.90. The summed E-state index contributed by atoms with van der Waals surface area (Å²) in [5.41, 5.74) is -1.34. The van der Waals surface area contributed by atoms with Crippen LogP contribution in [0.25, 0.3) is 0 Å². The molecule has 0 saturated heterocycles. The number of amides is 1. The fourth-order valence-electron chi connectivity index (χ4n) is 5.24. The Morgan fingerprint density at radius 1 is 1.22 bits per heavy atom. The number of carbonyl (C=O) groups excluding carboxylic acids is 1. The van der Waals surface area contributed by atoms with Crippen LogP contribution < -0.4 is 4.90 Å². The summed E-state index contributed by atoms with van der Waals surface area (Å²) in [5.74, 6) is -1.83. The zero-order valence-corrected chi connectivity index (χ0v) is 14.9. The van der Waals surface area contributed by atoms with E-state index in [1.54, 1.807) is 11.9 Å². The van der Waals surface area contributed by atoms with Gasteiger partial charge in [0.05, 0.1) is 23.9 Å². The summed E-state index contributed by atoms with van der Waals surface area (Å²) in [7, 11) is 1.68. The fourth-order valence-corrected chi connectivity index (χ4v) is 5.24. The second-order valence-corrected chi connectivity index (χ2v) is 7.34. The smallest absolute Gasteiger partial charge is 0.239 e. The molecule has 1 spiro atoms. The number of allylic oxidation sites excluding steroid dienone is 2. The fraction of sp³-hybridized carbons (Fsp3) is 0.381. The van der Waals surface area contributed by atoms with Gasteiger partial charge in [0, 0.05) is 18.7 Å². The molecule has 1 heterocycles. The Hall–Kier alpha value is -3.43. The summed E-state index contributed by atoms with van der Waals surface area (Å²) in [5, 5.41) is 38.4. The van der Waals surface area contributed by atoms with Crippen molar-refractivity contribution >= 4 is 17.3 Å². The Morgan fingerprint density at radius 3 is 2.59 bits per heavy atom. The third-order valence-corrected chi connectivity index (χ3v) is 6.40. The molecule has 132 valence electrons. The van der Waals surface area contributed by atoms with Gasteiger partial charge >= 0.3 is 0 Å². The molecule has 1 aromatic rings. The number of nitriles is 3. The van der Waals surface area contributed by atoms with Gasteiger partial charge in [-0.15, -0.1) is 0 Å². The Bertz CT molecular complexity index is 1020. The van der Waals surface area contributed by atoms with Crippen molar-refractivity contribution in [2.75, 3.05) is 11.9 Å². The second kappa shape index (κ2) is 5.53. The van der Waals surface area contributed by atoms with Crippen LogP contribution in [-0.2, 0) is 10.2 Å². The number of anilines is 1. The van der Waals surface area contributed by atoms with Gasteiger partial charge < -0.3 is 10.3 Å². The minimum absolute atomic E-state index is 0.234. The predicted molar refractivity (Wildman–Crippen MR) is 97.4 cm³/mol. The second-order valence-electron chi connectivity index (χ2n) is 7.34. The lowest BCUT2D eigenvalue weighted by molar-refractivity contribution is -0.125. The predicted octanol–water partition coefficient (Wildman–Crippen LogP) is 2.83. The van der Waals surface area contributed by atoms with Crippen molar-refractivity contribution in [1.82, 2.24) is 0 Å². The molecule has 0 bridgehead atoms. The third kappa shape index (κ3) is 1.72. The summed E-state index contributed by atoms with van der Waals surface area (Å²) < 4.78 is 0. The molecule has 1 amide bonds. The highest BCUT2D eigenvalue weighted by Crippen LogP contribution is 2.61. The number of para-hydroxylation sites is 1. The lowest BCUT2D eigenvalue weighted by atomic mass is 9.47. The maximum absolute atomic E-state index is 13.6. The highest BCUT2D eigenvalue weighted by atomic mass is 16.2. The molecule has 3 atom stereocenters. The van der Waals surface area contributed by atoms with Gasteiger partial charge in [0.1, 0.15) is 11.3 Å². The Balaban J connectivity index is 2.11. The molecule has 3 aliphatic rings. The summed E-state index contributed by atoms with van der Waals surface area (Å²) in [6, 6.07) is 13.5. The molecular weight excluding hydrogens is 338 g/mol. The van der Waals surface area contributed by atoms with E-state index in [4.69, 9.17) is 5.41 Å². The average Bonchev–Trinajstić information content (AvgIpc) is 2.93. The number of nitrogens with zero attached hydrogens (tertiary/aromatic N) is 4. The first-order chi connectivity index (χ1) is 13.0. The highest BCUT2D eigenvalue weighted by molar-refractivity contribution is 6.15. The van der Waals surface area contributed by atoms with E-state index < -0.39 is 22.7 Å². The molecule has 6 nitrogen and oxygen atoms in total. The number of hydrogen-bond acceptors (Lipinski definition) is 5. The minimum Gasteiger partial charge on any atom is -0.314 e. The first-order valence-electron chi connectivity index (χ1n) is 8.90. The SMILES string of the molecule is CN1C(=O)[C@]2(c3ccccc31)C(C#N)C(=N)C(C#N)(C#N)C1=CCCC[C@@H]12. The van der Waals surface area contributed by atoms with Gasteiger partial charge in [-0.25, -0.2) is 0 Å². The van der Waals surface area contributed by atoms with E-state index in [0.717, 1.165) is 17.7 Å². The monoisotopic (exact) mass is 355 g/mol. The Labute approximate surface area is 157 Å². The van der Waals surface area contributed by atoms with Gasteiger partial charge in [-0.2, -0.15) is 15.8 Å². The molecule has 1 fully saturated rings. The number of likely N-dealkylation sites (N-methyl/N-ethyl adjacent to an activating group) is 1. The van der Waals surface area contributed by atoms with Crippen LogP contribution in [0.2, 0.25) is 0 Å². The minimum atomic E-state index is -1.77. The molecule has 4 rings (SSSR count). The van der Waals surface area contributed by atoms with Crippen molar-refractivity contribution in [3.8, 4) is 18.2 Å². The Morgan fingerprint density at radius 2 is 1.93 bits per heavy atom. The highest BCUT2D eigenvalue weighted by Gasteiger charge is 2.69. The molecule has 0 radical (unpaired) electrons. The number of nitrogens with one attached hydrogen (secondary N) is 1. The van der Waals surface area contributed by atoms with Gasteiger partial charge in [-0.1, -0.05) is 24.3 Å². The first kappa shape index (κ1) is 17.0. The van der Waals surface area contributed by atoms with E-state index >= 15 is 0 Å². The van der Waals surface area contributed by atoms with Crippen LogP contribution in [-0.4, -0.2) is 18.7 Å². The van der Waals surface area contributed by atoms with Gasteiger partial charge in [0.25, 0.3) is 0 Å². The van der Waals surface area contributed by atoms with Crippen molar-refractivity contribution in [3.05, 3.63) is 41.5 Å². The van der Waals surface area contributed by atoms with E-state index in [9.17, 15) is 20.6 Å². The van der Waals surface area contributed by atoms with Gasteiger partial charge in [0.15, 0.2) is 0 Å². The standard InChI is InChI=1S/C21H17N5O/c1-26-17-9-5-4-8-15(17)21(19(26)27)14-7-3-2-6-13(14)20(11-23,12-24)18(25)16(21)10-22/h4-6,8-9,14,16,25H,2-3,7H2,1H3/t14-,16?,21+/m0/s1. The van der Waals surface area contributed by atoms with Crippen molar-refractivity contribution in [2.45, 2.75) is 24.7 Å². The maximum Gasteiger partial charge on any atom is 0.239 e. The molecule has 27 heavy (non-hydrogen) atoms. The number of carbonyl (C=O) groups is 1. The molecule has 1 aromatic carbocycles. The van der Waals surface area contributed by atoms with Crippen LogP contribution in [0.15, 0.2) is 35.9 Å². The van der Waals surface area contributed by atoms with Gasteiger partial charge in [0.2, 0.25) is 11.3 Å². The quantitative estimate of drug-likeness (QED) is 0.720. The zero-order chi connectivity index (χ0) is 19.4. The van der Waals surface area contributed by atoms with Gasteiger partial charge in [-0.05, 0) is 36.5 Å². The number of benzene rings is 1. The topological polar surface area (TPSA) is 116 Å². The molecule has 0 aromatic heterocycles. The van der Waals surface area contributed by atoms with Gasteiger partial charge in [-0.3, -0.25) is 4.79 Å². The maximum atomic E-state index is 13.6. The van der Waals surface area contributed by atoms with E-state index in [0.29, 0.717) is 18.4 Å². The Kier molecular flexibility index (Phi) is 3.48. The number of fused-ring (bicyclic) bond motifs is 4. The molecule has 1 unspecified atom stereocenters. The van der Waals surface area contributed by atoms with E-state index in [2.05, 4.69) is 6.07 Å². The van der Waals surface area contributed by atoms with E-state index in [1.807, 2.05) is 42.5 Å². The van der Waals surface area contributed by atoms with Crippen LogP contribution in [0, 0.1) is 56.7 Å². The molecule has 6 heteroatoms. The van der Waals surface area contributed by atoms with E-state index in [1.165, 1.54) is 0 Å². The summed E-state index contributed by atoms with van der Waals surface area (Å²) in [4.78, 5) is 15.1. The van der Waals surface area contributed by atoms with Crippen molar-refractivity contribution in [3.63, 3.8) is 0 Å². The van der Waals surface area contributed by atoms with Crippen molar-refractivity contribution in [2.24, 2.45) is 17.3 Å². The normalized spacial score (nSPS) is 30.6. The summed E-state index contributed by atoms with van der Waals surface area (Å²) >= 11 is 0. The number of rotatable bonds is 0. The lowest BCUT2D eigenvalue weighted by Crippen LogP contribution is -2.61. The summed E-state index contributed by atoms with van der Waals surface area (Å²) in [6.07, 6.45) is 3.96.